The first kappa shape index (κ1) is 6.34. The zero-order valence-electron chi connectivity index (χ0n) is 5.39. The van der Waals surface area contributed by atoms with Crippen LogP contribution < -0.4 is 0 Å². The van der Waals surface area contributed by atoms with Crippen LogP contribution in [0.4, 0.5) is 0 Å². The Labute approximate surface area is 53.9 Å². The van der Waals surface area contributed by atoms with Crippen LogP contribution in [0.2, 0.25) is 13.1 Å². The van der Waals surface area contributed by atoms with E-state index in [0.29, 0.717) is 0 Å². The molecule has 1 saturated carbocycles. The summed E-state index contributed by atoms with van der Waals surface area (Å²) in [6.07, 6.45) is 8.67. The van der Waals surface area contributed by atoms with Gasteiger partial charge in [0, 0.05) is 8.80 Å². The standard InChI is InChI=1S/C7H11Si/c1-8(2)7-5-3-4-6-7/h3-6,8H,1-2H3. The van der Waals surface area contributed by atoms with Crippen LogP contribution in [0, 0.1) is 31.2 Å². The Kier molecular flexibility index (Phi) is 2.12. The highest BCUT2D eigenvalue weighted by Crippen LogP contribution is 2.24. The minimum Gasteiger partial charge on any atom is -0.0717 e. The van der Waals surface area contributed by atoms with Crippen molar-refractivity contribution in [3.8, 4) is 0 Å². The maximum Gasteiger partial charge on any atom is 0.0383 e. The molecule has 1 rings (SSSR count). The van der Waals surface area contributed by atoms with Gasteiger partial charge in [0.15, 0.2) is 0 Å². The molecule has 1 aliphatic carbocycles. The summed E-state index contributed by atoms with van der Waals surface area (Å²) in [7, 11) is -0.480. The molecule has 0 saturated heterocycles. The lowest BCUT2D eigenvalue weighted by Crippen LogP contribution is -2.12. The van der Waals surface area contributed by atoms with E-state index in [1.54, 1.807) is 5.54 Å². The third kappa shape index (κ3) is 1.34. The van der Waals surface area contributed by atoms with Gasteiger partial charge in [-0.15, -0.1) is 0 Å². The molecule has 1 fully saturated rings. The van der Waals surface area contributed by atoms with Crippen LogP contribution >= 0.6 is 0 Å². The van der Waals surface area contributed by atoms with E-state index in [9.17, 15) is 0 Å². The number of hydrogen-bond donors (Lipinski definition) is 0. The molecule has 1 heteroatoms. The predicted molar refractivity (Wildman–Crippen MR) is 39.3 cm³/mol. The zero-order chi connectivity index (χ0) is 5.98. The average Bonchev–Trinajstić information content (AvgIpc) is 2.12. The van der Waals surface area contributed by atoms with Gasteiger partial charge in [-0.25, -0.2) is 0 Å². The van der Waals surface area contributed by atoms with E-state index in [1.807, 2.05) is 0 Å². The maximum atomic E-state index is 2.34. The van der Waals surface area contributed by atoms with Crippen molar-refractivity contribution in [2.45, 2.75) is 13.1 Å². The zero-order valence-corrected chi connectivity index (χ0v) is 6.54. The van der Waals surface area contributed by atoms with E-state index >= 15 is 0 Å². The Bertz CT molecular complexity index is 62.8. The van der Waals surface area contributed by atoms with Crippen molar-refractivity contribution in [1.29, 1.82) is 0 Å². The molecule has 0 aromatic rings. The first-order chi connectivity index (χ1) is 3.80. The smallest absolute Gasteiger partial charge is 0.0383 e. The lowest BCUT2D eigenvalue weighted by molar-refractivity contribution is 1.46. The molecule has 0 aromatic heterocycles. The summed E-state index contributed by atoms with van der Waals surface area (Å²) >= 11 is 0. The predicted octanol–water partition coefficient (Wildman–Crippen LogP) is 1.42. The van der Waals surface area contributed by atoms with E-state index < -0.39 is 8.80 Å². The first-order valence-electron chi connectivity index (χ1n) is 3.02. The van der Waals surface area contributed by atoms with Crippen molar-refractivity contribution < 1.29 is 0 Å². The largest absolute Gasteiger partial charge is 0.0717 e. The third-order valence-electron chi connectivity index (χ3n) is 1.36. The summed E-state index contributed by atoms with van der Waals surface area (Å²) in [6, 6.07) is 0. The first-order valence-corrected chi connectivity index (χ1v) is 5.91. The second-order valence-corrected chi connectivity index (χ2v) is 5.35. The molecule has 0 heterocycles. The van der Waals surface area contributed by atoms with Crippen molar-refractivity contribution in [2.75, 3.05) is 0 Å². The molecule has 8 heavy (non-hydrogen) atoms. The summed E-state index contributed by atoms with van der Waals surface area (Å²) in [5, 5.41) is 0. The van der Waals surface area contributed by atoms with Gasteiger partial charge in [-0.1, -0.05) is 13.1 Å². The van der Waals surface area contributed by atoms with Gasteiger partial charge in [0.05, 0.1) is 0 Å². The number of hydrogen-bond acceptors (Lipinski definition) is 0. The molecule has 0 nitrogen and oxygen atoms in total. The molecule has 0 spiro atoms. The molecule has 0 amide bonds. The lowest BCUT2D eigenvalue weighted by atomic mass is 10.4. The van der Waals surface area contributed by atoms with Crippen LogP contribution in [-0.2, 0) is 0 Å². The van der Waals surface area contributed by atoms with E-state index in [2.05, 4.69) is 38.8 Å². The summed E-state index contributed by atoms with van der Waals surface area (Å²) in [6.45, 7) is 4.69. The van der Waals surface area contributed by atoms with Crippen molar-refractivity contribution in [1.82, 2.24) is 0 Å². The highest BCUT2D eigenvalue weighted by molar-refractivity contribution is 6.63. The number of rotatable bonds is 1. The van der Waals surface area contributed by atoms with E-state index in [4.69, 9.17) is 0 Å². The van der Waals surface area contributed by atoms with E-state index in [-0.39, 0.29) is 0 Å². The maximum absolute atomic E-state index is 2.34. The Hall–Kier alpha value is 0.217. The molecule has 43 valence electrons. The molecule has 1 aliphatic rings. The lowest BCUT2D eigenvalue weighted by Gasteiger charge is -2.08. The monoisotopic (exact) mass is 123 g/mol. The Balaban J connectivity index is 2.24. The summed E-state index contributed by atoms with van der Waals surface area (Å²) in [5.41, 5.74) is 1.57. The summed E-state index contributed by atoms with van der Waals surface area (Å²) in [4.78, 5) is 0. The van der Waals surface area contributed by atoms with Gasteiger partial charge in [-0.05, 0) is 31.2 Å². The Morgan fingerprint density at radius 1 is 1.12 bits per heavy atom. The van der Waals surface area contributed by atoms with Crippen molar-refractivity contribution >= 4 is 8.80 Å². The average molecular weight is 123 g/mol. The van der Waals surface area contributed by atoms with E-state index in [1.165, 1.54) is 0 Å². The summed E-state index contributed by atoms with van der Waals surface area (Å²) in [5.74, 6) is 0. The SMILES string of the molecule is C[SiH](C)[C]1[CH][CH][CH][CH]1. The fourth-order valence-electron chi connectivity index (χ4n) is 0.774. The molecular weight excluding hydrogens is 112 g/mol. The van der Waals surface area contributed by atoms with Crippen molar-refractivity contribution in [3.05, 3.63) is 31.2 Å². The van der Waals surface area contributed by atoms with Gasteiger partial charge >= 0.3 is 0 Å². The van der Waals surface area contributed by atoms with Crippen molar-refractivity contribution in [2.24, 2.45) is 0 Å². The van der Waals surface area contributed by atoms with Crippen LogP contribution in [0.3, 0.4) is 0 Å². The van der Waals surface area contributed by atoms with Crippen LogP contribution in [0.5, 0.6) is 0 Å². The molecule has 0 atom stereocenters. The van der Waals surface area contributed by atoms with Crippen LogP contribution in [0.15, 0.2) is 0 Å². The normalized spacial score (nSPS) is 22.9. The van der Waals surface area contributed by atoms with Gasteiger partial charge in [-0.2, -0.15) is 0 Å². The third-order valence-corrected chi connectivity index (χ3v) is 3.07. The Morgan fingerprint density at radius 2 is 1.62 bits per heavy atom. The highest BCUT2D eigenvalue weighted by atomic mass is 28.3. The molecule has 0 unspecified atom stereocenters. The molecule has 5 radical (unpaired) electrons. The topological polar surface area (TPSA) is 0 Å². The fourth-order valence-corrected chi connectivity index (χ4v) is 1.77. The second-order valence-electron chi connectivity index (χ2n) is 2.37. The van der Waals surface area contributed by atoms with E-state index in [0.717, 1.165) is 0 Å². The quantitative estimate of drug-likeness (QED) is 0.463. The molecular formula is C7H11Si. The second kappa shape index (κ2) is 2.67. The van der Waals surface area contributed by atoms with Crippen LogP contribution in [0.25, 0.3) is 0 Å². The van der Waals surface area contributed by atoms with Gasteiger partial charge in [0.25, 0.3) is 0 Å². The minimum atomic E-state index is -0.480. The highest BCUT2D eigenvalue weighted by Gasteiger charge is 2.19. The molecule has 0 N–H and O–H groups in total. The van der Waals surface area contributed by atoms with Crippen molar-refractivity contribution in [3.63, 3.8) is 0 Å². The summed E-state index contributed by atoms with van der Waals surface area (Å²) < 4.78 is 0. The molecule has 0 aromatic carbocycles. The van der Waals surface area contributed by atoms with Crippen LogP contribution in [-0.4, -0.2) is 8.80 Å². The molecule has 0 aliphatic heterocycles. The van der Waals surface area contributed by atoms with Crippen LogP contribution in [0.1, 0.15) is 0 Å². The minimum absolute atomic E-state index is 0.480. The Morgan fingerprint density at radius 3 is 1.88 bits per heavy atom. The van der Waals surface area contributed by atoms with Gasteiger partial charge in [-0.3, -0.25) is 0 Å². The fraction of sp³-hybridized carbons (Fsp3) is 0.286. The van der Waals surface area contributed by atoms with Gasteiger partial charge in [0.1, 0.15) is 0 Å². The molecule has 0 bridgehead atoms. The van der Waals surface area contributed by atoms with Gasteiger partial charge in [0.2, 0.25) is 0 Å². The van der Waals surface area contributed by atoms with Gasteiger partial charge < -0.3 is 0 Å².